The molecule has 0 saturated heterocycles. The first-order valence-electron chi connectivity index (χ1n) is 8.26. The number of nitrogens with zero attached hydrogens (tertiary/aromatic N) is 5. The van der Waals surface area contributed by atoms with Crippen LogP contribution in [0.1, 0.15) is 11.3 Å². The van der Waals surface area contributed by atoms with Gasteiger partial charge in [0, 0.05) is 5.02 Å². The molecule has 1 amide bonds. The van der Waals surface area contributed by atoms with Crippen LogP contribution in [0.4, 0.5) is 22.0 Å². The van der Waals surface area contributed by atoms with Crippen LogP contribution in [0.2, 0.25) is 5.02 Å². The monoisotopic (exact) mass is 471 g/mol. The Morgan fingerprint density at radius 3 is 2.53 bits per heavy atom. The fourth-order valence-corrected chi connectivity index (χ4v) is 2.71. The molecule has 164 valence electrons. The summed E-state index contributed by atoms with van der Waals surface area (Å²) in [4.78, 5) is 27.2. The van der Waals surface area contributed by atoms with Crippen molar-refractivity contribution in [3.63, 3.8) is 0 Å². The van der Waals surface area contributed by atoms with Crippen LogP contribution in [0.5, 0.6) is 11.5 Å². The number of nitriles is 1. The molecule has 0 aliphatic carbocycles. The van der Waals surface area contributed by atoms with Gasteiger partial charge in [-0.05, 0) is 24.3 Å². The van der Waals surface area contributed by atoms with Gasteiger partial charge in [-0.2, -0.15) is 27.2 Å². The summed E-state index contributed by atoms with van der Waals surface area (Å²) in [5, 5.41) is 15.3. The summed E-state index contributed by atoms with van der Waals surface area (Å²) >= 11 is 5.80. The lowest BCUT2D eigenvalue weighted by Crippen LogP contribution is -2.27. The zero-order chi connectivity index (χ0) is 23.6. The minimum absolute atomic E-state index is 0.0400. The molecule has 0 fully saturated rings. The molecule has 1 aliphatic heterocycles. The SMILES string of the molecule is N#Cc1cc(Cl)cc(Oc2c(C(F)(F)F)ncn(CC3=CC(=C(F)F)C(=O)N=N3)c2=O)c1. The maximum atomic E-state index is 13.4. The highest BCUT2D eigenvalue weighted by Gasteiger charge is 2.39. The molecule has 32 heavy (non-hydrogen) atoms. The van der Waals surface area contributed by atoms with E-state index in [4.69, 9.17) is 21.6 Å². The molecule has 0 N–H and O–H groups in total. The van der Waals surface area contributed by atoms with E-state index in [0.717, 1.165) is 12.1 Å². The van der Waals surface area contributed by atoms with Gasteiger partial charge in [-0.1, -0.05) is 11.6 Å². The number of rotatable bonds is 4. The quantitative estimate of drug-likeness (QED) is 0.478. The summed E-state index contributed by atoms with van der Waals surface area (Å²) in [5.41, 5.74) is -4.44. The Morgan fingerprint density at radius 2 is 1.91 bits per heavy atom. The first kappa shape index (κ1) is 22.8. The molecule has 2 heterocycles. The Balaban J connectivity index is 2.08. The molecule has 1 aromatic heterocycles. The van der Waals surface area contributed by atoms with Crippen molar-refractivity contribution >= 4 is 17.5 Å². The molecule has 1 aliphatic rings. The van der Waals surface area contributed by atoms with E-state index in [9.17, 15) is 31.5 Å². The number of allylic oxidation sites excluding steroid dienone is 1. The summed E-state index contributed by atoms with van der Waals surface area (Å²) in [7, 11) is 0. The smallest absolute Gasteiger partial charge is 0.437 e. The normalized spacial score (nSPS) is 13.6. The van der Waals surface area contributed by atoms with E-state index < -0.39 is 47.3 Å². The summed E-state index contributed by atoms with van der Waals surface area (Å²) < 4.78 is 71.4. The van der Waals surface area contributed by atoms with Crippen molar-refractivity contribution < 1.29 is 31.5 Å². The summed E-state index contributed by atoms with van der Waals surface area (Å²) in [6.45, 7) is -0.646. The van der Waals surface area contributed by atoms with Crippen molar-refractivity contribution in [2.45, 2.75) is 12.7 Å². The molecule has 0 unspecified atom stereocenters. The van der Waals surface area contributed by atoms with Crippen molar-refractivity contribution in [1.82, 2.24) is 9.55 Å². The molecule has 1 aromatic carbocycles. The lowest BCUT2D eigenvalue weighted by atomic mass is 10.2. The van der Waals surface area contributed by atoms with Crippen molar-refractivity contribution in [3.05, 3.63) is 74.6 Å². The second kappa shape index (κ2) is 8.67. The Hall–Kier alpha value is -3.92. The van der Waals surface area contributed by atoms with Gasteiger partial charge < -0.3 is 4.74 Å². The summed E-state index contributed by atoms with van der Waals surface area (Å²) in [6, 6.07) is 5.07. The van der Waals surface area contributed by atoms with Gasteiger partial charge in [0.05, 0.1) is 30.2 Å². The third kappa shape index (κ3) is 4.86. The van der Waals surface area contributed by atoms with Crippen LogP contribution >= 0.6 is 11.6 Å². The lowest BCUT2D eigenvalue weighted by molar-refractivity contribution is -0.142. The zero-order valence-electron chi connectivity index (χ0n) is 15.3. The number of hydrogen-bond acceptors (Lipinski definition) is 6. The van der Waals surface area contributed by atoms with Gasteiger partial charge in [0.2, 0.25) is 5.75 Å². The first-order valence-corrected chi connectivity index (χ1v) is 8.64. The Kier molecular flexibility index (Phi) is 6.17. The molecule has 0 spiro atoms. The molecule has 3 rings (SSSR count). The number of ether oxygens (including phenoxy) is 1. The Bertz CT molecular complexity index is 1300. The molecule has 0 atom stereocenters. The maximum Gasteiger partial charge on any atom is 0.437 e. The van der Waals surface area contributed by atoms with Gasteiger partial charge >= 0.3 is 12.1 Å². The number of halogens is 6. The van der Waals surface area contributed by atoms with Crippen molar-refractivity contribution in [3.8, 4) is 17.6 Å². The summed E-state index contributed by atoms with van der Waals surface area (Å²) in [5.74, 6) is -2.91. The number of carbonyl (C=O) groups is 1. The van der Waals surface area contributed by atoms with Crippen LogP contribution in [-0.4, -0.2) is 15.5 Å². The fraction of sp³-hybridized carbons (Fsp3) is 0.111. The van der Waals surface area contributed by atoms with Crippen molar-refractivity contribution in [2.24, 2.45) is 10.2 Å². The van der Waals surface area contributed by atoms with Gasteiger partial charge in [0.25, 0.3) is 11.6 Å². The van der Waals surface area contributed by atoms with Crippen LogP contribution in [0.3, 0.4) is 0 Å². The minimum atomic E-state index is -5.09. The van der Waals surface area contributed by atoms with E-state index in [2.05, 4.69) is 15.2 Å². The highest BCUT2D eigenvalue weighted by atomic mass is 35.5. The number of azo groups is 1. The van der Waals surface area contributed by atoms with Gasteiger partial charge in [-0.3, -0.25) is 14.2 Å². The predicted molar refractivity (Wildman–Crippen MR) is 96.9 cm³/mol. The average molecular weight is 472 g/mol. The molecule has 0 saturated carbocycles. The third-order valence-electron chi connectivity index (χ3n) is 3.83. The Labute approximate surface area is 179 Å². The molecule has 14 heteroatoms. The summed E-state index contributed by atoms with van der Waals surface area (Å²) in [6.07, 6.45) is -6.28. The third-order valence-corrected chi connectivity index (χ3v) is 4.05. The highest BCUT2D eigenvalue weighted by Crippen LogP contribution is 2.35. The van der Waals surface area contributed by atoms with Crippen LogP contribution in [-0.2, 0) is 17.5 Å². The van der Waals surface area contributed by atoms with Crippen molar-refractivity contribution in [2.75, 3.05) is 0 Å². The number of carbonyl (C=O) groups excluding carboxylic acids is 1. The van der Waals surface area contributed by atoms with Crippen LogP contribution in [0, 0.1) is 11.3 Å². The molecule has 8 nitrogen and oxygen atoms in total. The van der Waals surface area contributed by atoms with Gasteiger partial charge in [-0.25, -0.2) is 4.98 Å². The van der Waals surface area contributed by atoms with Gasteiger partial charge in [0.1, 0.15) is 11.3 Å². The maximum absolute atomic E-state index is 13.4. The predicted octanol–water partition coefficient (Wildman–Crippen LogP) is 4.61. The largest absolute Gasteiger partial charge is 0.449 e. The van der Waals surface area contributed by atoms with E-state index in [1.807, 2.05) is 0 Å². The standard InChI is InChI=1S/C18H7ClF5N5O3/c19-9-1-8(5-25)2-11(3-9)32-13-14(18(22,23)24)26-7-29(17(13)31)6-10-4-12(15(20)21)16(30)28-27-10/h1-4,7H,6H2. The lowest BCUT2D eigenvalue weighted by Gasteiger charge is -2.15. The van der Waals surface area contributed by atoms with E-state index in [1.165, 1.54) is 6.07 Å². The molecule has 0 radical (unpaired) electrons. The Morgan fingerprint density at radius 1 is 1.19 bits per heavy atom. The van der Waals surface area contributed by atoms with E-state index >= 15 is 0 Å². The number of amides is 1. The van der Waals surface area contributed by atoms with E-state index in [0.29, 0.717) is 17.0 Å². The van der Waals surface area contributed by atoms with E-state index in [-0.39, 0.29) is 22.0 Å². The fourth-order valence-electron chi connectivity index (χ4n) is 2.49. The number of alkyl halides is 3. The first-order chi connectivity index (χ1) is 15.0. The molecule has 2 aromatic rings. The number of benzene rings is 1. The minimum Gasteiger partial charge on any atom is -0.449 e. The molecular weight excluding hydrogens is 465 g/mol. The topological polar surface area (TPSA) is 110 Å². The second-order valence-electron chi connectivity index (χ2n) is 6.06. The number of aromatic nitrogens is 2. The molecule has 0 bridgehead atoms. The zero-order valence-corrected chi connectivity index (χ0v) is 16.1. The van der Waals surface area contributed by atoms with Gasteiger partial charge in [-0.15, -0.1) is 10.2 Å². The molecular formula is C18H7ClF5N5O3. The highest BCUT2D eigenvalue weighted by molar-refractivity contribution is 6.30. The van der Waals surface area contributed by atoms with E-state index in [1.54, 1.807) is 6.07 Å². The second-order valence-corrected chi connectivity index (χ2v) is 6.49. The van der Waals surface area contributed by atoms with Crippen LogP contribution in [0.15, 0.2) is 63.0 Å². The van der Waals surface area contributed by atoms with Crippen LogP contribution in [0.25, 0.3) is 0 Å². The van der Waals surface area contributed by atoms with Crippen molar-refractivity contribution in [1.29, 1.82) is 5.26 Å². The number of hydrogen-bond donors (Lipinski definition) is 0. The van der Waals surface area contributed by atoms with Gasteiger partial charge in [0.15, 0.2) is 5.69 Å². The average Bonchev–Trinajstić information content (AvgIpc) is 2.70. The van der Waals surface area contributed by atoms with Crippen LogP contribution < -0.4 is 10.3 Å².